The average molecular weight is 360 g/mol. The Bertz CT molecular complexity index is 892. The van der Waals surface area contributed by atoms with Crippen molar-refractivity contribution in [3.05, 3.63) is 70.3 Å². The maximum atomic E-state index is 10.9. The van der Waals surface area contributed by atoms with Crippen LogP contribution in [0.2, 0.25) is 0 Å². The summed E-state index contributed by atoms with van der Waals surface area (Å²) >= 11 is 0. The molecule has 18 nitrogen and oxygen atoms in total. The normalized spacial score (nSPS) is 8.62. The van der Waals surface area contributed by atoms with Gasteiger partial charge in [-0.2, -0.15) is 5.10 Å². The first kappa shape index (κ1) is 19.1. The Labute approximate surface area is 140 Å². The van der Waals surface area contributed by atoms with E-state index in [-0.39, 0.29) is 0 Å². The van der Waals surface area contributed by atoms with E-state index in [1.165, 1.54) is 12.7 Å². The molecule has 18 heteroatoms. The fourth-order valence-corrected chi connectivity index (χ4v) is 1.54. The standard InChI is InChI=1S/C6HN11O4.C2H3N3/c7-13-10-2-1-3(11-14-8)6(17(20)21)4(12-15-9)5(2)16(18)19;1-3-2-5-4-1/h1H;1-2H,(H,3,4,5). The van der Waals surface area contributed by atoms with Crippen LogP contribution < -0.4 is 0 Å². The Hall–Kier alpha value is -4.91. The van der Waals surface area contributed by atoms with Gasteiger partial charge in [0.25, 0.3) is 11.4 Å². The fourth-order valence-electron chi connectivity index (χ4n) is 1.54. The number of aromatic amines is 1. The smallest absolute Gasteiger partial charge is 0.266 e. The highest BCUT2D eigenvalue weighted by molar-refractivity contribution is 5.87. The second kappa shape index (κ2) is 9.28. The second-order valence-corrected chi connectivity index (χ2v) is 3.70. The van der Waals surface area contributed by atoms with E-state index >= 15 is 0 Å². The van der Waals surface area contributed by atoms with Crippen LogP contribution in [0.15, 0.2) is 34.1 Å². The molecule has 26 heavy (non-hydrogen) atoms. The third-order valence-corrected chi connectivity index (χ3v) is 2.35. The van der Waals surface area contributed by atoms with Crippen LogP contribution in [0.3, 0.4) is 0 Å². The summed E-state index contributed by atoms with van der Waals surface area (Å²) in [5, 5.41) is 36.7. The maximum absolute atomic E-state index is 10.9. The number of aromatic nitrogens is 3. The number of nitrogens with one attached hydrogen (secondary N) is 1. The van der Waals surface area contributed by atoms with Crippen LogP contribution in [0.25, 0.3) is 31.3 Å². The highest BCUT2D eigenvalue weighted by Crippen LogP contribution is 2.49. The van der Waals surface area contributed by atoms with Crippen LogP contribution in [0.4, 0.5) is 28.4 Å². The number of hydrogen-bond donors (Lipinski definition) is 1. The molecule has 0 amide bonds. The lowest BCUT2D eigenvalue weighted by atomic mass is 10.1. The van der Waals surface area contributed by atoms with Crippen molar-refractivity contribution in [1.82, 2.24) is 15.2 Å². The first-order valence-corrected chi connectivity index (χ1v) is 5.91. The topological polar surface area (TPSA) is 274 Å². The van der Waals surface area contributed by atoms with Gasteiger partial charge in [-0.1, -0.05) is 10.2 Å². The average Bonchev–Trinajstić information content (AvgIpc) is 3.14. The highest BCUT2D eigenvalue weighted by atomic mass is 16.6. The molecule has 0 spiro atoms. The molecule has 1 heterocycles. The molecular formula is C8H4N14O4. The summed E-state index contributed by atoms with van der Waals surface area (Å²) in [5.74, 6) is 0. The molecule has 0 saturated carbocycles. The summed E-state index contributed by atoms with van der Waals surface area (Å²) in [6.07, 6.45) is 2.96. The van der Waals surface area contributed by atoms with E-state index in [1.807, 2.05) is 0 Å². The number of nitro benzene ring substituents is 2. The van der Waals surface area contributed by atoms with Crippen molar-refractivity contribution in [3.63, 3.8) is 0 Å². The van der Waals surface area contributed by atoms with Crippen LogP contribution in [0.5, 0.6) is 0 Å². The summed E-state index contributed by atoms with van der Waals surface area (Å²) in [4.78, 5) is 30.1. The number of H-pyrrole nitrogens is 1. The minimum atomic E-state index is -1.12. The van der Waals surface area contributed by atoms with Crippen molar-refractivity contribution in [2.75, 3.05) is 0 Å². The fraction of sp³-hybridized carbons (Fsp3) is 0. The lowest BCUT2D eigenvalue weighted by Crippen LogP contribution is -1.95. The Morgan fingerprint density at radius 2 is 1.46 bits per heavy atom. The number of hydrogen-bond acceptors (Lipinski definition) is 9. The van der Waals surface area contributed by atoms with E-state index in [4.69, 9.17) is 16.6 Å². The van der Waals surface area contributed by atoms with Crippen molar-refractivity contribution in [3.8, 4) is 0 Å². The zero-order valence-electron chi connectivity index (χ0n) is 12.2. The van der Waals surface area contributed by atoms with Gasteiger partial charge in [-0.3, -0.25) is 25.3 Å². The molecule has 0 radical (unpaired) electrons. The second-order valence-electron chi connectivity index (χ2n) is 3.70. The first-order chi connectivity index (χ1) is 12.5. The van der Waals surface area contributed by atoms with E-state index < -0.39 is 38.3 Å². The van der Waals surface area contributed by atoms with Crippen LogP contribution in [0, 0.1) is 20.2 Å². The molecule has 1 aromatic carbocycles. The summed E-state index contributed by atoms with van der Waals surface area (Å²) in [7, 11) is 0. The van der Waals surface area contributed by atoms with Crippen molar-refractivity contribution in [1.29, 1.82) is 0 Å². The van der Waals surface area contributed by atoms with E-state index in [9.17, 15) is 20.2 Å². The molecule has 0 aliphatic heterocycles. The molecule has 0 fully saturated rings. The van der Waals surface area contributed by atoms with Crippen molar-refractivity contribution < 1.29 is 9.85 Å². The predicted octanol–water partition coefficient (Wildman–Crippen LogP) is 4.13. The molecule has 2 aromatic rings. The predicted molar refractivity (Wildman–Crippen MR) is 82.6 cm³/mol. The lowest BCUT2D eigenvalue weighted by molar-refractivity contribution is -0.391. The molecule has 130 valence electrons. The summed E-state index contributed by atoms with van der Waals surface area (Å²) in [6.45, 7) is 0. The van der Waals surface area contributed by atoms with Crippen LogP contribution in [-0.4, -0.2) is 25.0 Å². The molecule has 0 unspecified atom stereocenters. The van der Waals surface area contributed by atoms with Gasteiger partial charge in [0.1, 0.15) is 24.0 Å². The van der Waals surface area contributed by atoms with Crippen LogP contribution in [-0.2, 0) is 0 Å². The number of rotatable bonds is 5. The minimum absolute atomic E-state index is 0.645. The van der Waals surface area contributed by atoms with E-state index in [0.717, 1.165) is 0 Å². The zero-order chi connectivity index (χ0) is 19.5. The largest absolute Gasteiger partial charge is 0.295 e. The van der Waals surface area contributed by atoms with E-state index in [0.29, 0.717) is 6.07 Å². The third kappa shape index (κ3) is 4.54. The molecule has 2 rings (SSSR count). The number of nitrogens with zero attached hydrogens (tertiary/aromatic N) is 13. The van der Waals surface area contributed by atoms with E-state index in [1.54, 1.807) is 0 Å². The van der Waals surface area contributed by atoms with Gasteiger partial charge in [0.15, 0.2) is 5.69 Å². The molecule has 0 saturated heterocycles. The molecule has 0 aliphatic carbocycles. The van der Waals surface area contributed by atoms with Gasteiger partial charge in [0.05, 0.1) is 9.85 Å². The van der Waals surface area contributed by atoms with Gasteiger partial charge >= 0.3 is 0 Å². The van der Waals surface area contributed by atoms with Crippen molar-refractivity contribution in [2.45, 2.75) is 0 Å². The Balaban J connectivity index is 0.000000577. The van der Waals surface area contributed by atoms with Gasteiger partial charge in [-0.25, -0.2) is 4.98 Å². The number of benzene rings is 1. The third-order valence-electron chi connectivity index (χ3n) is 2.35. The maximum Gasteiger partial charge on any atom is 0.295 e. The van der Waals surface area contributed by atoms with E-state index in [2.05, 4.69) is 45.3 Å². The van der Waals surface area contributed by atoms with Crippen LogP contribution >= 0.6 is 0 Å². The summed E-state index contributed by atoms with van der Waals surface area (Å²) in [5.41, 5.74) is 20.5. The minimum Gasteiger partial charge on any atom is -0.266 e. The van der Waals surface area contributed by atoms with Crippen molar-refractivity contribution >= 4 is 28.4 Å². The Morgan fingerprint density at radius 3 is 1.73 bits per heavy atom. The Kier molecular flexibility index (Phi) is 6.83. The molecule has 0 atom stereocenters. The highest BCUT2D eigenvalue weighted by Gasteiger charge is 2.31. The van der Waals surface area contributed by atoms with Crippen molar-refractivity contribution in [2.24, 2.45) is 15.3 Å². The van der Waals surface area contributed by atoms with Gasteiger partial charge in [0.2, 0.25) is 0 Å². The molecule has 0 aliphatic rings. The van der Waals surface area contributed by atoms with Gasteiger partial charge < -0.3 is 0 Å². The molecular weight excluding hydrogens is 356 g/mol. The SMILES string of the molecule is [N-]=[N+]=Nc1cc(N=[N+]=[N-])c([N+](=O)[O-])c(N=[N+]=[N-])c1[N+](=O)[O-].c1nc[nH]n1. The molecule has 1 N–H and O–H groups in total. The summed E-state index contributed by atoms with van der Waals surface area (Å²) < 4.78 is 0. The quantitative estimate of drug-likeness (QED) is 0.268. The van der Waals surface area contributed by atoms with Crippen LogP contribution in [0.1, 0.15) is 0 Å². The lowest BCUT2D eigenvalue weighted by Gasteiger charge is -2.04. The Morgan fingerprint density at radius 1 is 0.962 bits per heavy atom. The zero-order valence-corrected chi connectivity index (χ0v) is 12.2. The number of nitro groups is 2. The number of azide groups is 3. The van der Waals surface area contributed by atoms with Gasteiger partial charge in [-0.05, 0) is 27.8 Å². The summed E-state index contributed by atoms with van der Waals surface area (Å²) in [6, 6.07) is 0.645. The van der Waals surface area contributed by atoms with Gasteiger partial charge in [0, 0.05) is 14.7 Å². The molecule has 0 bridgehead atoms. The first-order valence-electron chi connectivity index (χ1n) is 5.91. The van der Waals surface area contributed by atoms with Gasteiger partial charge in [-0.15, -0.1) is 0 Å². The molecule has 1 aromatic heterocycles. The monoisotopic (exact) mass is 360 g/mol.